The Bertz CT molecular complexity index is 865. The van der Waals surface area contributed by atoms with E-state index >= 15 is 0 Å². The summed E-state index contributed by atoms with van der Waals surface area (Å²) in [5, 5.41) is 9.09. The Labute approximate surface area is 140 Å². The van der Waals surface area contributed by atoms with Crippen LogP contribution in [0.25, 0.3) is 0 Å². The molecule has 1 fully saturated rings. The van der Waals surface area contributed by atoms with Gasteiger partial charge in [-0.15, -0.1) is 0 Å². The number of carbonyl (C=O) groups is 1. The molecular weight excluding hydrogens is 328 g/mol. The topological polar surface area (TPSA) is 96.4 Å². The Morgan fingerprint density at radius 2 is 2.04 bits per heavy atom. The van der Waals surface area contributed by atoms with Crippen molar-refractivity contribution < 1.29 is 18.3 Å². The molecule has 24 heavy (non-hydrogen) atoms. The molecule has 0 aliphatic heterocycles. The molecule has 126 valence electrons. The van der Waals surface area contributed by atoms with Crippen molar-refractivity contribution in [2.75, 3.05) is 6.54 Å². The highest BCUT2D eigenvalue weighted by Crippen LogP contribution is 2.46. The third-order valence-corrected chi connectivity index (χ3v) is 5.68. The Morgan fingerprint density at radius 1 is 1.33 bits per heavy atom. The molecule has 2 aromatic rings. The highest BCUT2D eigenvalue weighted by atomic mass is 32.2. The number of aromatic carboxylic acids is 1. The van der Waals surface area contributed by atoms with E-state index in [-0.39, 0.29) is 22.1 Å². The standard InChI is InChI=1S/C17H18N2O4S/c1-11-15(17(20)21)8-14(10-18-11)24(22,23)19-9-13-7-16(13)12-5-3-2-4-6-12/h2-6,8,10,13,16,19H,7,9H2,1H3,(H,20,21)/t13-,16-/m0/s1. The fourth-order valence-corrected chi connectivity index (χ4v) is 3.82. The van der Waals surface area contributed by atoms with E-state index in [4.69, 9.17) is 5.11 Å². The van der Waals surface area contributed by atoms with E-state index < -0.39 is 16.0 Å². The van der Waals surface area contributed by atoms with Crippen molar-refractivity contribution in [2.45, 2.75) is 24.2 Å². The summed E-state index contributed by atoms with van der Waals surface area (Å²) in [5.74, 6) is -0.553. The SMILES string of the molecule is Cc1ncc(S(=O)(=O)NC[C@@H]2C[C@H]2c2ccccc2)cc1C(=O)O. The van der Waals surface area contributed by atoms with Gasteiger partial charge in [-0.05, 0) is 36.8 Å². The van der Waals surface area contributed by atoms with Crippen LogP contribution in [0.2, 0.25) is 0 Å². The number of sulfonamides is 1. The zero-order valence-corrected chi connectivity index (χ0v) is 14.0. The fraction of sp³-hybridized carbons (Fsp3) is 0.294. The first-order valence-electron chi connectivity index (χ1n) is 7.63. The zero-order valence-electron chi connectivity index (χ0n) is 13.1. The quantitative estimate of drug-likeness (QED) is 0.835. The second-order valence-corrected chi connectivity index (χ2v) is 7.74. The highest BCUT2D eigenvalue weighted by molar-refractivity contribution is 7.89. The van der Waals surface area contributed by atoms with Crippen LogP contribution in [0, 0.1) is 12.8 Å². The number of aromatic nitrogens is 1. The molecule has 1 aromatic carbocycles. The highest BCUT2D eigenvalue weighted by Gasteiger charge is 2.38. The summed E-state index contributed by atoms with van der Waals surface area (Å²) in [6.07, 6.45) is 2.13. The summed E-state index contributed by atoms with van der Waals surface area (Å²) in [6.45, 7) is 1.86. The summed E-state index contributed by atoms with van der Waals surface area (Å²) < 4.78 is 27.3. The fourth-order valence-electron chi connectivity index (χ4n) is 2.76. The molecule has 0 unspecified atom stereocenters. The molecule has 0 radical (unpaired) electrons. The van der Waals surface area contributed by atoms with E-state index in [0.29, 0.717) is 12.5 Å². The lowest BCUT2D eigenvalue weighted by Gasteiger charge is -2.08. The van der Waals surface area contributed by atoms with Crippen molar-refractivity contribution in [3.05, 3.63) is 59.4 Å². The molecule has 1 aliphatic carbocycles. The molecule has 2 N–H and O–H groups in total. The minimum Gasteiger partial charge on any atom is -0.478 e. The summed E-state index contributed by atoms with van der Waals surface area (Å²) in [6, 6.07) is 11.1. The third kappa shape index (κ3) is 3.47. The van der Waals surface area contributed by atoms with Crippen LogP contribution in [0.5, 0.6) is 0 Å². The number of carboxylic acid groups (broad SMARTS) is 1. The molecule has 1 aliphatic rings. The second kappa shape index (κ2) is 6.33. The number of hydrogen-bond acceptors (Lipinski definition) is 4. The minimum atomic E-state index is -3.77. The Morgan fingerprint density at radius 3 is 2.71 bits per heavy atom. The van der Waals surface area contributed by atoms with Crippen LogP contribution in [0.3, 0.4) is 0 Å². The van der Waals surface area contributed by atoms with Crippen LogP contribution < -0.4 is 4.72 Å². The maximum Gasteiger partial charge on any atom is 0.337 e. The van der Waals surface area contributed by atoms with E-state index in [1.54, 1.807) is 0 Å². The molecule has 3 rings (SSSR count). The molecule has 7 heteroatoms. The summed E-state index contributed by atoms with van der Waals surface area (Å²) >= 11 is 0. The van der Waals surface area contributed by atoms with Crippen LogP contribution in [-0.2, 0) is 10.0 Å². The van der Waals surface area contributed by atoms with Gasteiger partial charge in [-0.25, -0.2) is 17.9 Å². The van der Waals surface area contributed by atoms with Crippen molar-refractivity contribution in [3.63, 3.8) is 0 Å². The van der Waals surface area contributed by atoms with Crippen molar-refractivity contribution in [1.82, 2.24) is 9.71 Å². The second-order valence-electron chi connectivity index (χ2n) is 5.97. The van der Waals surface area contributed by atoms with Gasteiger partial charge in [-0.3, -0.25) is 4.98 Å². The number of nitrogens with one attached hydrogen (secondary N) is 1. The number of nitrogens with zero attached hydrogens (tertiary/aromatic N) is 1. The Hall–Kier alpha value is -2.25. The Kier molecular flexibility index (Phi) is 4.38. The van der Waals surface area contributed by atoms with Gasteiger partial charge in [0, 0.05) is 12.7 Å². The number of benzene rings is 1. The van der Waals surface area contributed by atoms with E-state index in [1.165, 1.54) is 18.7 Å². The van der Waals surface area contributed by atoms with Crippen LogP contribution in [-0.4, -0.2) is 31.0 Å². The molecule has 2 atom stereocenters. The van der Waals surface area contributed by atoms with Crippen LogP contribution in [0.4, 0.5) is 0 Å². The molecule has 1 saturated carbocycles. The average molecular weight is 346 g/mol. The maximum absolute atomic E-state index is 12.3. The lowest BCUT2D eigenvalue weighted by molar-refractivity contribution is 0.0695. The molecular formula is C17H18N2O4S. The first-order chi connectivity index (χ1) is 11.4. The largest absolute Gasteiger partial charge is 0.478 e. The monoisotopic (exact) mass is 346 g/mol. The first-order valence-corrected chi connectivity index (χ1v) is 9.11. The van der Waals surface area contributed by atoms with Gasteiger partial charge >= 0.3 is 5.97 Å². The van der Waals surface area contributed by atoms with E-state index in [2.05, 4.69) is 9.71 Å². The number of pyridine rings is 1. The predicted molar refractivity (Wildman–Crippen MR) is 88.4 cm³/mol. The third-order valence-electron chi connectivity index (χ3n) is 4.29. The average Bonchev–Trinajstić information content (AvgIpc) is 3.33. The summed E-state index contributed by atoms with van der Waals surface area (Å²) in [4.78, 5) is 14.9. The van der Waals surface area contributed by atoms with Gasteiger partial charge in [0.25, 0.3) is 0 Å². The van der Waals surface area contributed by atoms with Gasteiger partial charge in [0.05, 0.1) is 11.3 Å². The lowest BCUT2D eigenvalue weighted by Crippen LogP contribution is -2.26. The van der Waals surface area contributed by atoms with Crippen molar-refractivity contribution >= 4 is 16.0 Å². The van der Waals surface area contributed by atoms with Crippen LogP contribution in [0.1, 0.15) is 34.0 Å². The van der Waals surface area contributed by atoms with Gasteiger partial charge in [0.15, 0.2) is 0 Å². The molecule has 0 spiro atoms. The Balaban J connectivity index is 1.67. The normalized spacial score (nSPS) is 19.9. The van der Waals surface area contributed by atoms with Gasteiger partial charge in [-0.1, -0.05) is 30.3 Å². The summed E-state index contributed by atoms with van der Waals surface area (Å²) in [7, 11) is -3.77. The van der Waals surface area contributed by atoms with Crippen LogP contribution >= 0.6 is 0 Å². The van der Waals surface area contributed by atoms with Gasteiger partial charge < -0.3 is 5.11 Å². The lowest BCUT2D eigenvalue weighted by atomic mass is 10.1. The van der Waals surface area contributed by atoms with E-state index in [9.17, 15) is 13.2 Å². The molecule has 1 aromatic heterocycles. The molecule has 0 saturated heterocycles. The first kappa shape index (κ1) is 16.6. The van der Waals surface area contributed by atoms with E-state index in [1.807, 2.05) is 30.3 Å². The number of hydrogen-bond donors (Lipinski definition) is 2. The van der Waals surface area contributed by atoms with Crippen molar-refractivity contribution in [1.29, 1.82) is 0 Å². The number of carboxylic acids is 1. The van der Waals surface area contributed by atoms with Crippen molar-refractivity contribution in [3.8, 4) is 0 Å². The smallest absolute Gasteiger partial charge is 0.337 e. The van der Waals surface area contributed by atoms with Crippen molar-refractivity contribution in [2.24, 2.45) is 5.92 Å². The molecule has 0 amide bonds. The predicted octanol–water partition coefficient (Wildman–Crippen LogP) is 2.17. The van der Waals surface area contributed by atoms with E-state index in [0.717, 1.165) is 12.5 Å². The zero-order chi connectivity index (χ0) is 17.3. The number of aryl methyl sites for hydroxylation is 1. The summed E-state index contributed by atoms with van der Waals surface area (Å²) in [5.41, 5.74) is 1.39. The van der Waals surface area contributed by atoms with Gasteiger partial charge in [0.1, 0.15) is 4.90 Å². The molecule has 0 bridgehead atoms. The van der Waals surface area contributed by atoms with Gasteiger partial charge in [0.2, 0.25) is 10.0 Å². The maximum atomic E-state index is 12.3. The minimum absolute atomic E-state index is 0.105. The molecule has 6 nitrogen and oxygen atoms in total. The van der Waals surface area contributed by atoms with Crippen LogP contribution in [0.15, 0.2) is 47.5 Å². The van der Waals surface area contributed by atoms with Gasteiger partial charge in [-0.2, -0.15) is 0 Å². The number of rotatable bonds is 6. The molecule has 1 heterocycles.